The minimum Gasteiger partial charge on any atom is -0.480 e. The van der Waals surface area contributed by atoms with Gasteiger partial charge in [-0.15, -0.1) is 0 Å². The fraction of sp³-hybridized carbons (Fsp3) is 0.500. The molecule has 0 saturated heterocycles. The maximum absolute atomic E-state index is 12.7. The van der Waals surface area contributed by atoms with Crippen molar-refractivity contribution in [3.05, 3.63) is 57.2 Å². The first-order valence-electron chi connectivity index (χ1n) is 12.4. The number of amides is 1. The van der Waals surface area contributed by atoms with E-state index in [0.717, 1.165) is 69.5 Å². The van der Waals surface area contributed by atoms with E-state index < -0.39 is 17.9 Å². The molecule has 0 radical (unpaired) electrons. The lowest BCUT2D eigenvalue weighted by molar-refractivity contribution is -0.139. The fourth-order valence-corrected chi connectivity index (χ4v) is 5.11. The van der Waals surface area contributed by atoms with E-state index in [-0.39, 0.29) is 15.6 Å². The summed E-state index contributed by atoms with van der Waals surface area (Å²) >= 11 is 12.2. The van der Waals surface area contributed by atoms with Crippen molar-refractivity contribution in [1.82, 2.24) is 15.2 Å². The Morgan fingerprint density at radius 2 is 1.91 bits per heavy atom. The van der Waals surface area contributed by atoms with Crippen molar-refractivity contribution < 1.29 is 14.7 Å². The Bertz CT molecular complexity index is 1040. The Labute approximate surface area is 216 Å². The van der Waals surface area contributed by atoms with Crippen LogP contribution in [0.1, 0.15) is 60.1 Å². The van der Waals surface area contributed by atoms with E-state index in [2.05, 4.69) is 27.7 Å². The minimum atomic E-state index is -1.07. The van der Waals surface area contributed by atoms with Gasteiger partial charge in [-0.1, -0.05) is 35.3 Å². The Hall–Kier alpha value is -2.35. The van der Waals surface area contributed by atoms with E-state index in [9.17, 15) is 14.7 Å². The first-order chi connectivity index (χ1) is 16.9. The number of hydrogen-bond acceptors (Lipinski definition) is 5. The maximum atomic E-state index is 12.7. The summed E-state index contributed by atoms with van der Waals surface area (Å²) in [4.78, 5) is 31.6. The van der Waals surface area contributed by atoms with Crippen molar-refractivity contribution in [2.45, 2.75) is 63.5 Å². The number of aryl methyl sites for hydroxylation is 2. The van der Waals surface area contributed by atoms with Crippen LogP contribution in [-0.4, -0.2) is 58.6 Å². The zero-order chi connectivity index (χ0) is 24.8. The Kier molecular flexibility index (Phi) is 8.87. The highest BCUT2D eigenvalue weighted by molar-refractivity contribution is 6.39. The molecular weight excluding hydrogens is 487 g/mol. The lowest BCUT2D eigenvalue weighted by Gasteiger charge is -2.24. The molecule has 3 N–H and O–H groups in total. The summed E-state index contributed by atoms with van der Waals surface area (Å²) in [5.41, 5.74) is 2.52. The summed E-state index contributed by atoms with van der Waals surface area (Å²) in [7, 11) is 0. The van der Waals surface area contributed by atoms with Gasteiger partial charge in [0.15, 0.2) is 0 Å². The molecule has 1 saturated carbocycles. The lowest BCUT2D eigenvalue weighted by atomic mass is 10.1. The Balaban J connectivity index is 1.26. The molecule has 1 aromatic heterocycles. The average molecular weight is 519 g/mol. The summed E-state index contributed by atoms with van der Waals surface area (Å²) in [5.74, 6) is -0.601. The summed E-state index contributed by atoms with van der Waals surface area (Å²) in [6.07, 6.45) is 7.81. The molecule has 1 atom stereocenters. The number of halogens is 2. The third-order valence-electron chi connectivity index (χ3n) is 6.64. The van der Waals surface area contributed by atoms with Gasteiger partial charge in [-0.05, 0) is 81.7 Å². The summed E-state index contributed by atoms with van der Waals surface area (Å²) in [6.45, 7) is 2.51. The van der Waals surface area contributed by atoms with Crippen molar-refractivity contribution in [2.24, 2.45) is 0 Å². The molecule has 7 nitrogen and oxygen atoms in total. The van der Waals surface area contributed by atoms with Crippen LogP contribution in [0.3, 0.4) is 0 Å². The molecular formula is C26H32Cl2N4O3. The molecule has 2 heterocycles. The number of anilines is 1. The molecule has 9 heteroatoms. The van der Waals surface area contributed by atoms with E-state index in [1.807, 2.05) is 0 Å². The fourth-order valence-electron chi connectivity index (χ4n) is 4.54. The SMILES string of the molecule is O=C(NC(CCN(CCCCc1ccc2c(n1)NCCC2)C1CC1)C(=O)O)c1c(Cl)cccc1Cl. The van der Waals surface area contributed by atoms with Crippen LogP contribution in [0.15, 0.2) is 30.3 Å². The van der Waals surface area contributed by atoms with E-state index >= 15 is 0 Å². The molecule has 2 aromatic rings. The third-order valence-corrected chi connectivity index (χ3v) is 7.27. The zero-order valence-electron chi connectivity index (χ0n) is 19.7. The Morgan fingerprint density at radius 1 is 1.14 bits per heavy atom. The molecule has 0 bridgehead atoms. The van der Waals surface area contributed by atoms with Crippen LogP contribution in [0.25, 0.3) is 0 Å². The predicted octanol–water partition coefficient (Wildman–Crippen LogP) is 4.81. The van der Waals surface area contributed by atoms with Crippen LogP contribution in [0.5, 0.6) is 0 Å². The van der Waals surface area contributed by atoms with Gasteiger partial charge in [-0.25, -0.2) is 9.78 Å². The van der Waals surface area contributed by atoms with E-state index in [1.165, 1.54) is 5.56 Å². The molecule has 2 aliphatic rings. The number of nitrogens with one attached hydrogen (secondary N) is 2. The molecule has 4 rings (SSSR count). The van der Waals surface area contributed by atoms with Gasteiger partial charge in [0.05, 0.1) is 15.6 Å². The van der Waals surface area contributed by atoms with Crippen molar-refractivity contribution >= 4 is 40.9 Å². The van der Waals surface area contributed by atoms with Crippen LogP contribution in [-0.2, 0) is 17.6 Å². The number of rotatable bonds is 12. The molecule has 1 aliphatic heterocycles. The van der Waals surface area contributed by atoms with Crippen molar-refractivity contribution in [2.75, 3.05) is 25.0 Å². The van der Waals surface area contributed by atoms with Crippen molar-refractivity contribution in [3.8, 4) is 0 Å². The molecule has 188 valence electrons. The van der Waals surface area contributed by atoms with Gasteiger partial charge < -0.3 is 20.6 Å². The zero-order valence-corrected chi connectivity index (χ0v) is 21.2. The van der Waals surface area contributed by atoms with Crippen molar-refractivity contribution in [3.63, 3.8) is 0 Å². The average Bonchev–Trinajstić information content (AvgIpc) is 3.68. The number of carbonyl (C=O) groups excluding carboxylic acids is 1. The molecule has 1 amide bonds. The van der Waals surface area contributed by atoms with Crippen LogP contribution < -0.4 is 10.6 Å². The predicted molar refractivity (Wildman–Crippen MR) is 139 cm³/mol. The van der Waals surface area contributed by atoms with Gasteiger partial charge in [0, 0.05) is 24.8 Å². The number of benzene rings is 1. The van der Waals surface area contributed by atoms with Gasteiger partial charge in [0.1, 0.15) is 11.9 Å². The van der Waals surface area contributed by atoms with E-state index in [1.54, 1.807) is 18.2 Å². The summed E-state index contributed by atoms with van der Waals surface area (Å²) in [6, 6.07) is 8.58. The van der Waals surface area contributed by atoms with Gasteiger partial charge in [0.2, 0.25) is 0 Å². The quantitative estimate of drug-likeness (QED) is 0.349. The number of hydrogen-bond donors (Lipinski definition) is 3. The minimum absolute atomic E-state index is 0.104. The number of pyridine rings is 1. The first-order valence-corrected chi connectivity index (χ1v) is 13.1. The number of carbonyl (C=O) groups is 2. The largest absolute Gasteiger partial charge is 0.480 e. The molecule has 1 fully saturated rings. The molecule has 1 aromatic carbocycles. The number of unbranched alkanes of at least 4 members (excludes halogenated alkanes) is 1. The van der Waals surface area contributed by atoms with Crippen LogP contribution in [0.2, 0.25) is 10.0 Å². The number of carboxylic acid groups (broad SMARTS) is 1. The molecule has 0 spiro atoms. The van der Waals surface area contributed by atoms with Gasteiger partial charge in [-0.3, -0.25) is 4.79 Å². The normalized spacial score (nSPS) is 15.9. The first kappa shape index (κ1) is 25.7. The number of carboxylic acids is 1. The monoisotopic (exact) mass is 518 g/mol. The Morgan fingerprint density at radius 3 is 2.63 bits per heavy atom. The smallest absolute Gasteiger partial charge is 0.326 e. The van der Waals surface area contributed by atoms with E-state index in [4.69, 9.17) is 28.2 Å². The lowest BCUT2D eigenvalue weighted by Crippen LogP contribution is -2.43. The summed E-state index contributed by atoms with van der Waals surface area (Å²) < 4.78 is 0. The van der Waals surface area contributed by atoms with Crippen LogP contribution >= 0.6 is 23.2 Å². The highest BCUT2D eigenvalue weighted by Crippen LogP contribution is 2.28. The van der Waals surface area contributed by atoms with E-state index in [0.29, 0.717) is 19.0 Å². The number of nitrogens with zero attached hydrogens (tertiary/aromatic N) is 2. The van der Waals surface area contributed by atoms with Crippen LogP contribution in [0.4, 0.5) is 5.82 Å². The third kappa shape index (κ3) is 7.09. The summed E-state index contributed by atoms with van der Waals surface area (Å²) in [5, 5.41) is 16.1. The van der Waals surface area contributed by atoms with Gasteiger partial charge in [0.25, 0.3) is 5.91 Å². The standard InChI is InChI=1S/C26H32Cl2N4O3/c27-20-7-3-8-21(28)23(20)25(33)31-22(26(34)35)13-16-32(19-11-12-19)15-2-1-6-18-10-9-17-5-4-14-29-24(17)30-18/h3,7-10,19,22H,1-2,4-6,11-16H2,(H,29,30)(H,31,33)(H,34,35). The van der Waals surface area contributed by atoms with Gasteiger partial charge >= 0.3 is 5.97 Å². The molecule has 1 aliphatic carbocycles. The molecule has 35 heavy (non-hydrogen) atoms. The second-order valence-corrected chi connectivity index (χ2v) is 10.1. The number of aromatic nitrogens is 1. The maximum Gasteiger partial charge on any atom is 0.326 e. The highest BCUT2D eigenvalue weighted by Gasteiger charge is 2.30. The topological polar surface area (TPSA) is 94.6 Å². The van der Waals surface area contributed by atoms with Crippen LogP contribution in [0, 0.1) is 0 Å². The molecule has 1 unspecified atom stereocenters. The number of aliphatic carboxylic acids is 1. The van der Waals surface area contributed by atoms with Crippen molar-refractivity contribution in [1.29, 1.82) is 0 Å². The highest BCUT2D eigenvalue weighted by atomic mass is 35.5. The second kappa shape index (κ2) is 12.1. The second-order valence-electron chi connectivity index (χ2n) is 9.31. The van der Waals surface area contributed by atoms with Gasteiger partial charge in [-0.2, -0.15) is 0 Å². The number of fused-ring (bicyclic) bond motifs is 1.